The van der Waals surface area contributed by atoms with Gasteiger partial charge in [0, 0.05) is 5.69 Å². The van der Waals surface area contributed by atoms with Crippen molar-refractivity contribution in [3.8, 4) is 0 Å². The Balaban J connectivity index is 3.11. The second-order valence-electron chi connectivity index (χ2n) is 3.81. The number of hydrogen-bond acceptors (Lipinski definition) is 5. The van der Waals surface area contributed by atoms with Crippen LogP contribution in [0.15, 0.2) is 18.2 Å². The summed E-state index contributed by atoms with van der Waals surface area (Å²) in [5, 5.41) is 7.16. The van der Waals surface area contributed by atoms with Crippen molar-refractivity contribution in [1.82, 2.24) is 0 Å². The second kappa shape index (κ2) is 6.10. The van der Waals surface area contributed by atoms with Crippen molar-refractivity contribution < 1.29 is 27.9 Å². The lowest BCUT2D eigenvalue weighted by Gasteiger charge is -2.12. The SMILES string of the molecule is COC(=O)c1cc(NS(=O)(=O)C(C)C(=O)O)ccc1Cl. The van der Waals surface area contributed by atoms with E-state index in [2.05, 4.69) is 9.46 Å². The molecule has 110 valence electrons. The van der Waals surface area contributed by atoms with Gasteiger partial charge in [0.05, 0.1) is 17.7 Å². The molecule has 0 aliphatic heterocycles. The molecule has 0 spiro atoms. The summed E-state index contributed by atoms with van der Waals surface area (Å²) < 4.78 is 30.0. The van der Waals surface area contributed by atoms with E-state index in [1.165, 1.54) is 18.2 Å². The molecule has 1 aromatic rings. The number of carboxylic acid groups (broad SMARTS) is 1. The van der Waals surface area contributed by atoms with Crippen LogP contribution >= 0.6 is 11.6 Å². The smallest absolute Gasteiger partial charge is 0.339 e. The molecule has 1 atom stereocenters. The molecule has 0 aliphatic rings. The first kappa shape index (κ1) is 16.3. The molecular formula is C11H12ClNO6S. The Hall–Kier alpha value is -1.80. The number of halogens is 1. The van der Waals surface area contributed by atoms with Crippen molar-refractivity contribution in [3.05, 3.63) is 28.8 Å². The van der Waals surface area contributed by atoms with E-state index in [0.29, 0.717) is 0 Å². The van der Waals surface area contributed by atoms with Gasteiger partial charge in [-0.15, -0.1) is 0 Å². The van der Waals surface area contributed by atoms with Gasteiger partial charge in [0.25, 0.3) is 0 Å². The number of hydrogen-bond donors (Lipinski definition) is 2. The quantitative estimate of drug-likeness (QED) is 0.792. The summed E-state index contributed by atoms with van der Waals surface area (Å²) in [6.07, 6.45) is 0. The molecule has 7 nitrogen and oxygen atoms in total. The Morgan fingerprint density at radius 3 is 2.50 bits per heavy atom. The highest BCUT2D eigenvalue weighted by molar-refractivity contribution is 7.94. The monoisotopic (exact) mass is 321 g/mol. The minimum Gasteiger partial charge on any atom is -0.480 e. The first-order chi connectivity index (χ1) is 9.19. The normalized spacial score (nSPS) is 12.6. The van der Waals surface area contributed by atoms with Crippen LogP contribution in [-0.4, -0.2) is 37.8 Å². The third-order valence-electron chi connectivity index (χ3n) is 2.44. The molecule has 1 unspecified atom stereocenters. The molecule has 0 aromatic heterocycles. The number of carbonyl (C=O) groups is 2. The average molecular weight is 322 g/mol. The summed E-state index contributed by atoms with van der Waals surface area (Å²) in [5.74, 6) is -2.22. The molecule has 0 bridgehead atoms. The van der Waals surface area contributed by atoms with E-state index in [1.54, 1.807) is 0 Å². The van der Waals surface area contributed by atoms with Gasteiger partial charge in [-0.3, -0.25) is 9.52 Å². The number of ether oxygens (including phenoxy) is 1. The van der Waals surface area contributed by atoms with E-state index >= 15 is 0 Å². The number of rotatable bonds is 5. The van der Waals surface area contributed by atoms with Gasteiger partial charge in [-0.25, -0.2) is 13.2 Å². The fourth-order valence-electron chi connectivity index (χ4n) is 1.24. The minimum absolute atomic E-state index is 0.0166. The number of aliphatic carboxylic acids is 1. The van der Waals surface area contributed by atoms with Crippen molar-refractivity contribution in [2.45, 2.75) is 12.2 Å². The van der Waals surface area contributed by atoms with Crippen LogP contribution in [0.3, 0.4) is 0 Å². The number of benzene rings is 1. The largest absolute Gasteiger partial charge is 0.480 e. The maximum atomic E-state index is 11.7. The lowest BCUT2D eigenvalue weighted by Crippen LogP contribution is -2.32. The zero-order chi connectivity index (χ0) is 15.5. The molecule has 9 heteroatoms. The van der Waals surface area contributed by atoms with Crippen molar-refractivity contribution >= 4 is 39.3 Å². The molecule has 0 aliphatic carbocycles. The van der Waals surface area contributed by atoms with Crippen LogP contribution < -0.4 is 4.72 Å². The van der Waals surface area contributed by atoms with Crippen molar-refractivity contribution in [1.29, 1.82) is 0 Å². The predicted octanol–water partition coefficient (Wildman–Crippen LogP) is 1.34. The van der Waals surface area contributed by atoms with Gasteiger partial charge in [-0.2, -0.15) is 0 Å². The summed E-state index contributed by atoms with van der Waals surface area (Å²) in [6, 6.07) is 3.78. The number of carbonyl (C=O) groups excluding carboxylic acids is 1. The Labute approximate surface area is 120 Å². The van der Waals surface area contributed by atoms with Gasteiger partial charge >= 0.3 is 11.9 Å². The van der Waals surface area contributed by atoms with Crippen molar-refractivity contribution in [3.63, 3.8) is 0 Å². The van der Waals surface area contributed by atoms with E-state index in [1.807, 2.05) is 0 Å². The molecule has 0 heterocycles. The molecule has 0 saturated carbocycles. The van der Waals surface area contributed by atoms with E-state index < -0.39 is 27.2 Å². The fraction of sp³-hybridized carbons (Fsp3) is 0.273. The number of methoxy groups -OCH3 is 1. The number of esters is 1. The summed E-state index contributed by atoms with van der Waals surface area (Å²) in [6.45, 7) is 1.03. The minimum atomic E-state index is -4.12. The van der Waals surface area contributed by atoms with Crippen LogP contribution in [0.4, 0.5) is 5.69 Å². The first-order valence-corrected chi connectivity index (χ1v) is 7.23. The molecular weight excluding hydrogens is 310 g/mol. The highest BCUT2D eigenvalue weighted by atomic mass is 35.5. The summed E-state index contributed by atoms with van der Waals surface area (Å²) in [5.41, 5.74) is -0.0137. The van der Waals surface area contributed by atoms with E-state index in [-0.39, 0.29) is 16.3 Å². The Bertz CT molecular complexity index is 642. The van der Waals surface area contributed by atoms with Gasteiger partial charge < -0.3 is 9.84 Å². The van der Waals surface area contributed by atoms with Crippen LogP contribution in [0.5, 0.6) is 0 Å². The summed E-state index contributed by atoms with van der Waals surface area (Å²) in [4.78, 5) is 22.1. The van der Waals surface area contributed by atoms with Gasteiger partial charge in [0.2, 0.25) is 10.0 Å². The fourth-order valence-corrected chi connectivity index (χ4v) is 2.33. The van der Waals surface area contributed by atoms with Gasteiger partial charge in [0.1, 0.15) is 0 Å². The zero-order valence-electron chi connectivity index (χ0n) is 10.6. The third kappa shape index (κ3) is 3.61. The lowest BCUT2D eigenvalue weighted by molar-refractivity contribution is -0.136. The topological polar surface area (TPSA) is 110 Å². The number of carboxylic acids is 1. The highest BCUT2D eigenvalue weighted by Gasteiger charge is 2.27. The molecule has 20 heavy (non-hydrogen) atoms. The number of anilines is 1. The van der Waals surface area contributed by atoms with Gasteiger partial charge in [-0.05, 0) is 25.1 Å². The average Bonchev–Trinajstić information content (AvgIpc) is 2.38. The van der Waals surface area contributed by atoms with E-state index in [0.717, 1.165) is 14.0 Å². The van der Waals surface area contributed by atoms with E-state index in [4.69, 9.17) is 16.7 Å². The number of nitrogens with one attached hydrogen (secondary N) is 1. The van der Waals surface area contributed by atoms with Crippen molar-refractivity contribution in [2.75, 3.05) is 11.8 Å². The molecule has 1 aromatic carbocycles. The van der Waals surface area contributed by atoms with Crippen LogP contribution in [-0.2, 0) is 19.6 Å². The van der Waals surface area contributed by atoms with Crippen LogP contribution in [0.1, 0.15) is 17.3 Å². The zero-order valence-corrected chi connectivity index (χ0v) is 12.2. The summed E-state index contributed by atoms with van der Waals surface area (Å²) >= 11 is 5.78. The summed E-state index contributed by atoms with van der Waals surface area (Å²) in [7, 11) is -2.96. The third-order valence-corrected chi connectivity index (χ3v) is 4.43. The van der Waals surface area contributed by atoms with Gasteiger partial charge in [-0.1, -0.05) is 11.6 Å². The maximum Gasteiger partial charge on any atom is 0.339 e. The molecule has 2 N–H and O–H groups in total. The lowest BCUT2D eigenvalue weighted by atomic mass is 10.2. The van der Waals surface area contributed by atoms with Gasteiger partial charge in [0.15, 0.2) is 5.25 Å². The highest BCUT2D eigenvalue weighted by Crippen LogP contribution is 2.22. The van der Waals surface area contributed by atoms with Crippen LogP contribution in [0.2, 0.25) is 5.02 Å². The maximum absolute atomic E-state index is 11.7. The molecule has 0 fully saturated rings. The molecule has 1 rings (SSSR count). The standard InChI is InChI=1S/C11H12ClNO6S/c1-6(10(14)15)20(17,18)13-7-3-4-9(12)8(5-7)11(16)19-2/h3-6,13H,1-2H3,(H,14,15). The Morgan fingerprint density at radius 2 is 2.00 bits per heavy atom. The van der Waals surface area contributed by atoms with Crippen LogP contribution in [0.25, 0.3) is 0 Å². The molecule has 0 saturated heterocycles. The van der Waals surface area contributed by atoms with Crippen molar-refractivity contribution in [2.24, 2.45) is 0 Å². The Morgan fingerprint density at radius 1 is 1.40 bits per heavy atom. The number of sulfonamides is 1. The molecule has 0 amide bonds. The Kier molecular flexibility index (Phi) is 4.96. The van der Waals surface area contributed by atoms with Crippen LogP contribution in [0, 0.1) is 0 Å². The molecule has 0 radical (unpaired) electrons. The first-order valence-electron chi connectivity index (χ1n) is 5.31. The predicted molar refractivity (Wildman–Crippen MR) is 72.4 cm³/mol. The second-order valence-corrected chi connectivity index (χ2v) is 6.22. The van der Waals surface area contributed by atoms with E-state index in [9.17, 15) is 18.0 Å².